The molecule has 22 heavy (non-hydrogen) atoms. The highest BCUT2D eigenvalue weighted by Gasteiger charge is 2.38. The van der Waals surface area contributed by atoms with E-state index in [2.05, 4.69) is 21.2 Å². The van der Waals surface area contributed by atoms with Crippen LogP contribution in [0.2, 0.25) is 0 Å². The van der Waals surface area contributed by atoms with Gasteiger partial charge in [-0.1, -0.05) is 54.5 Å². The van der Waals surface area contributed by atoms with Gasteiger partial charge in [0, 0.05) is 12.1 Å². The van der Waals surface area contributed by atoms with Crippen molar-refractivity contribution in [2.75, 3.05) is 0 Å². The summed E-state index contributed by atoms with van der Waals surface area (Å²) in [7, 11) is 0. The smallest absolute Gasteiger partial charge is 0.324 e. The van der Waals surface area contributed by atoms with E-state index in [9.17, 15) is 9.59 Å². The topological polar surface area (TPSA) is 49.4 Å². The van der Waals surface area contributed by atoms with E-state index in [-0.39, 0.29) is 24.0 Å². The number of urea groups is 1. The van der Waals surface area contributed by atoms with Gasteiger partial charge in [0.1, 0.15) is 0 Å². The summed E-state index contributed by atoms with van der Waals surface area (Å²) in [5.74, 6) is -0.118. The van der Waals surface area contributed by atoms with Crippen molar-refractivity contribution in [2.45, 2.75) is 94.5 Å². The van der Waals surface area contributed by atoms with E-state index in [0.29, 0.717) is 0 Å². The minimum absolute atomic E-state index is 0.0571. The van der Waals surface area contributed by atoms with Crippen molar-refractivity contribution in [1.29, 1.82) is 0 Å². The number of imide groups is 1. The van der Waals surface area contributed by atoms with E-state index in [1.807, 2.05) is 13.8 Å². The zero-order valence-corrected chi connectivity index (χ0v) is 15.5. The molecule has 3 amide bonds. The van der Waals surface area contributed by atoms with E-state index in [1.54, 1.807) is 0 Å². The van der Waals surface area contributed by atoms with Crippen molar-refractivity contribution in [2.24, 2.45) is 0 Å². The van der Waals surface area contributed by atoms with Crippen molar-refractivity contribution in [1.82, 2.24) is 10.2 Å². The predicted octanol–water partition coefficient (Wildman–Crippen LogP) is 4.36. The van der Waals surface area contributed by atoms with Crippen LogP contribution in [0.1, 0.15) is 78.1 Å². The maximum Gasteiger partial charge on any atom is 0.324 e. The van der Waals surface area contributed by atoms with Gasteiger partial charge < -0.3 is 5.32 Å². The number of hydrogen-bond donors (Lipinski definition) is 1. The van der Waals surface area contributed by atoms with Crippen LogP contribution >= 0.6 is 15.9 Å². The SMILES string of the molecule is CC(C)(Br)C(=O)N(C(=O)NC1CCCCC1)C1CCCCC1. The molecule has 5 heteroatoms. The Kier molecular flexibility index (Phi) is 6.30. The van der Waals surface area contributed by atoms with Gasteiger partial charge in [0.2, 0.25) is 5.91 Å². The molecule has 0 radical (unpaired) electrons. The number of carbonyl (C=O) groups is 2. The van der Waals surface area contributed by atoms with Crippen LogP contribution in [0, 0.1) is 0 Å². The molecule has 2 fully saturated rings. The first-order chi connectivity index (χ1) is 10.4. The first kappa shape index (κ1) is 17.8. The highest BCUT2D eigenvalue weighted by atomic mass is 79.9. The van der Waals surface area contributed by atoms with E-state index in [4.69, 9.17) is 0 Å². The average molecular weight is 373 g/mol. The molecule has 0 bridgehead atoms. The molecule has 0 saturated heterocycles. The molecule has 4 nitrogen and oxygen atoms in total. The van der Waals surface area contributed by atoms with Gasteiger partial charge in [0.05, 0.1) is 4.32 Å². The Morgan fingerprint density at radius 3 is 1.95 bits per heavy atom. The van der Waals surface area contributed by atoms with Gasteiger partial charge in [-0.25, -0.2) is 4.79 Å². The minimum atomic E-state index is -0.700. The molecule has 126 valence electrons. The maximum atomic E-state index is 12.8. The third-order valence-electron chi connectivity index (χ3n) is 4.82. The Morgan fingerprint density at radius 2 is 1.45 bits per heavy atom. The molecule has 1 N–H and O–H groups in total. The number of nitrogens with zero attached hydrogens (tertiary/aromatic N) is 1. The monoisotopic (exact) mass is 372 g/mol. The van der Waals surface area contributed by atoms with Gasteiger partial charge in [-0.15, -0.1) is 0 Å². The highest BCUT2D eigenvalue weighted by Crippen LogP contribution is 2.28. The second kappa shape index (κ2) is 7.80. The lowest BCUT2D eigenvalue weighted by molar-refractivity contribution is -0.132. The van der Waals surface area contributed by atoms with Gasteiger partial charge in [0.25, 0.3) is 0 Å². The van der Waals surface area contributed by atoms with Crippen molar-refractivity contribution in [3.05, 3.63) is 0 Å². The van der Waals surface area contributed by atoms with Gasteiger partial charge in [-0.2, -0.15) is 0 Å². The van der Waals surface area contributed by atoms with Crippen molar-refractivity contribution in [3.63, 3.8) is 0 Å². The van der Waals surface area contributed by atoms with Crippen LogP contribution in [0.25, 0.3) is 0 Å². The Balaban J connectivity index is 2.08. The fraction of sp³-hybridized carbons (Fsp3) is 0.882. The number of nitrogens with one attached hydrogen (secondary N) is 1. The third kappa shape index (κ3) is 4.71. The summed E-state index contributed by atoms with van der Waals surface area (Å²) in [6, 6.07) is 0.108. The standard InChI is InChI=1S/C17H29BrN2O2/c1-17(2,18)15(21)20(14-11-7-4-8-12-14)16(22)19-13-9-5-3-6-10-13/h13-14H,3-12H2,1-2H3,(H,19,22). The summed E-state index contributed by atoms with van der Waals surface area (Å²) in [5, 5.41) is 3.11. The minimum Gasteiger partial charge on any atom is -0.335 e. The van der Waals surface area contributed by atoms with Crippen LogP contribution in [-0.2, 0) is 4.79 Å². The summed E-state index contributed by atoms with van der Waals surface area (Å²) in [4.78, 5) is 27.1. The molecule has 0 spiro atoms. The van der Waals surface area contributed by atoms with Crippen LogP contribution < -0.4 is 5.32 Å². The summed E-state index contributed by atoms with van der Waals surface area (Å²) in [5.41, 5.74) is 0. The first-order valence-electron chi connectivity index (χ1n) is 8.72. The molecular formula is C17H29BrN2O2. The van der Waals surface area contributed by atoms with Crippen molar-refractivity contribution in [3.8, 4) is 0 Å². The molecule has 2 aliphatic rings. The number of rotatable bonds is 3. The zero-order valence-electron chi connectivity index (χ0n) is 13.9. The van der Waals surface area contributed by atoms with Crippen LogP contribution in [0.4, 0.5) is 4.79 Å². The van der Waals surface area contributed by atoms with Gasteiger partial charge in [-0.05, 0) is 39.5 Å². The second-order valence-corrected chi connectivity index (χ2v) is 9.21. The quantitative estimate of drug-likeness (QED) is 0.747. The summed E-state index contributed by atoms with van der Waals surface area (Å²) in [6.07, 6.45) is 11.0. The van der Waals surface area contributed by atoms with Gasteiger partial charge in [0.15, 0.2) is 0 Å². The lowest BCUT2D eigenvalue weighted by atomic mass is 9.93. The zero-order chi connectivity index (χ0) is 16.2. The molecule has 0 unspecified atom stereocenters. The molecule has 0 atom stereocenters. The van der Waals surface area contributed by atoms with Crippen molar-refractivity contribution < 1.29 is 9.59 Å². The highest BCUT2D eigenvalue weighted by molar-refractivity contribution is 9.10. The van der Waals surface area contributed by atoms with E-state index in [0.717, 1.165) is 38.5 Å². The lowest BCUT2D eigenvalue weighted by Crippen LogP contribution is -2.56. The molecular weight excluding hydrogens is 344 g/mol. The second-order valence-electron chi connectivity index (χ2n) is 7.22. The normalized spacial score (nSPS) is 21.4. The van der Waals surface area contributed by atoms with Crippen LogP contribution in [-0.4, -0.2) is 33.2 Å². The Morgan fingerprint density at radius 1 is 0.955 bits per heavy atom. The summed E-state index contributed by atoms with van der Waals surface area (Å²) < 4.78 is -0.700. The summed E-state index contributed by atoms with van der Waals surface area (Å²) in [6.45, 7) is 3.64. The molecule has 2 aliphatic carbocycles. The Bertz CT molecular complexity index is 394. The number of alkyl halides is 1. The molecule has 0 aromatic carbocycles. The van der Waals surface area contributed by atoms with E-state index in [1.165, 1.54) is 30.6 Å². The molecule has 0 aromatic heterocycles. The fourth-order valence-electron chi connectivity index (χ4n) is 3.54. The molecule has 0 heterocycles. The van der Waals surface area contributed by atoms with E-state index < -0.39 is 4.32 Å². The van der Waals surface area contributed by atoms with Gasteiger partial charge >= 0.3 is 6.03 Å². The lowest BCUT2D eigenvalue weighted by Gasteiger charge is -2.37. The number of hydrogen-bond acceptors (Lipinski definition) is 2. The van der Waals surface area contributed by atoms with Crippen LogP contribution in [0.15, 0.2) is 0 Å². The Hall–Kier alpha value is -0.580. The maximum absolute atomic E-state index is 12.8. The number of carbonyl (C=O) groups excluding carboxylic acids is 2. The molecule has 0 aliphatic heterocycles. The average Bonchev–Trinajstić information content (AvgIpc) is 2.48. The van der Waals surface area contributed by atoms with Crippen LogP contribution in [0.5, 0.6) is 0 Å². The predicted molar refractivity (Wildman–Crippen MR) is 92.1 cm³/mol. The largest absolute Gasteiger partial charge is 0.335 e. The van der Waals surface area contributed by atoms with Crippen molar-refractivity contribution >= 4 is 27.9 Å². The third-order valence-corrected chi connectivity index (χ3v) is 5.16. The first-order valence-corrected chi connectivity index (χ1v) is 9.52. The number of halogens is 1. The van der Waals surface area contributed by atoms with Crippen LogP contribution in [0.3, 0.4) is 0 Å². The molecule has 2 saturated carbocycles. The molecule has 0 aromatic rings. The fourth-order valence-corrected chi connectivity index (χ4v) is 3.73. The number of amides is 3. The molecule has 2 rings (SSSR count). The summed E-state index contributed by atoms with van der Waals surface area (Å²) >= 11 is 3.43. The van der Waals surface area contributed by atoms with Gasteiger partial charge in [-0.3, -0.25) is 9.69 Å². The Labute approximate surface area is 142 Å². The van der Waals surface area contributed by atoms with E-state index >= 15 is 0 Å².